The minimum absolute atomic E-state index is 0.0537. The predicted octanol–water partition coefficient (Wildman–Crippen LogP) is 3.99. The quantitative estimate of drug-likeness (QED) is 0.781. The summed E-state index contributed by atoms with van der Waals surface area (Å²) in [7, 11) is 0. The van der Waals surface area contributed by atoms with E-state index in [0.717, 1.165) is 0 Å². The van der Waals surface area contributed by atoms with Crippen LogP contribution in [0.1, 0.15) is 43.8 Å². The largest absolute Gasteiger partial charge is 0.487 e. The van der Waals surface area contributed by atoms with E-state index in [1.807, 2.05) is 0 Å². The van der Waals surface area contributed by atoms with Crippen molar-refractivity contribution >= 4 is 0 Å². The highest BCUT2D eigenvalue weighted by molar-refractivity contribution is 5.38. The number of fused-ring (bicyclic) bond motifs is 1. The fourth-order valence-corrected chi connectivity index (χ4v) is 3.47. The smallest absolute Gasteiger partial charge is 0.391 e. The highest BCUT2D eigenvalue weighted by atomic mass is 19.4. The molecule has 2 nitrogen and oxygen atoms in total. The second kappa shape index (κ2) is 4.65. The highest BCUT2D eigenvalue weighted by Crippen LogP contribution is 2.50. The van der Waals surface area contributed by atoms with Crippen LogP contribution in [0.25, 0.3) is 0 Å². The van der Waals surface area contributed by atoms with Gasteiger partial charge in [-0.25, -0.2) is 0 Å². The molecule has 1 fully saturated rings. The van der Waals surface area contributed by atoms with Crippen molar-refractivity contribution in [1.29, 1.82) is 0 Å². The molecule has 0 bridgehead atoms. The molecule has 1 aromatic carbocycles. The maximum atomic E-state index is 13.0. The van der Waals surface area contributed by atoms with E-state index in [4.69, 9.17) is 4.74 Å². The topological polar surface area (TPSA) is 29.5 Å². The van der Waals surface area contributed by atoms with Crippen LogP contribution in [0.4, 0.5) is 13.2 Å². The zero-order valence-electron chi connectivity index (χ0n) is 11.0. The van der Waals surface area contributed by atoms with Gasteiger partial charge in [-0.2, -0.15) is 13.2 Å². The Balaban J connectivity index is 1.87. The minimum atomic E-state index is -4.18. The molecule has 2 aliphatic rings. The van der Waals surface area contributed by atoms with E-state index in [2.05, 4.69) is 0 Å². The van der Waals surface area contributed by atoms with Crippen LogP contribution in [0, 0.1) is 5.92 Å². The monoisotopic (exact) mass is 286 g/mol. The number of benzene rings is 1. The molecule has 1 aliphatic carbocycles. The molecule has 1 aliphatic heterocycles. The summed E-state index contributed by atoms with van der Waals surface area (Å²) < 4.78 is 44.8. The molecule has 1 saturated carbocycles. The fourth-order valence-electron chi connectivity index (χ4n) is 3.47. The van der Waals surface area contributed by atoms with Gasteiger partial charge in [-0.3, -0.25) is 0 Å². The van der Waals surface area contributed by atoms with Crippen LogP contribution in [0.15, 0.2) is 24.3 Å². The van der Waals surface area contributed by atoms with Crippen molar-refractivity contribution in [3.05, 3.63) is 29.8 Å². The molecule has 0 radical (unpaired) electrons. The molecular formula is C15H17F3O2. The minimum Gasteiger partial charge on any atom is -0.487 e. The zero-order chi connectivity index (χ0) is 14.4. The van der Waals surface area contributed by atoms with E-state index in [1.54, 1.807) is 24.3 Å². The SMILES string of the molecule is O[C@@H]1CC2(CCCC(C(F)(F)F)C2)Oc2ccccc21. The van der Waals surface area contributed by atoms with Gasteiger partial charge < -0.3 is 9.84 Å². The lowest BCUT2D eigenvalue weighted by Crippen LogP contribution is -2.47. The Kier molecular flexibility index (Phi) is 3.20. The Morgan fingerprint density at radius 1 is 1.20 bits per heavy atom. The number of aliphatic hydroxyl groups is 1. The average Bonchev–Trinajstić information content (AvgIpc) is 2.37. The Morgan fingerprint density at radius 3 is 2.70 bits per heavy atom. The molecule has 110 valence electrons. The molecule has 3 atom stereocenters. The highest BCUT2D eigenvalue weighted by Gasteiger charge is 2.51. The summed E-state index contributed by atoms with van der Waals surface area (Å²) in [6.45, 7) is 0. The van der Waals surface area contributed by atoms with Gasteiger partial charge in [0, 0.05) is 12.0 Å². The number of aliphatic hydroxyl groups excluding tert-OH is 1. The van der Waals surface area contributed by atoms with Gasteiger partial charge in [0.05, 0.1) is 12.0 Å². The van der Waals surface area contributed by atoms with E-state index >= 15 is 0 Å². The molecule has 1 aromatic rings. The van der Waals surface area contributed by atoms with E-state index < -0.39 is 23.8 Å². The number of ether oxygens (including phenoxy) is 1. The average molecular weight is 286 g/mol. The van der Waals surface area contributed by atoms with Crippen molar-refractivity contribution < 1.29 is 23.0 Å². The predicted molar refractivity (Wildman–Crippen MR) is 67.4 cm³/mol. The Labute approximate surface area is 115 Å². The molecule has 20 heavy (non-hydrogen) atoms. The van der Waals surface area contributed by atoms with Crippen LogP contribution in [-0.4, -0.2) is 16.9 Å². The maximum Gasteiger partial charge on any atom is 0.391 e. The fraction of sp³-hybridized carbons (Fsp3) is 0.600. The lowest BCUT2D eigenvalue weighted by molar-refractivity contribution is -0.201. The number of hydrogen-bond acceptors (Lipinski definition) is 2. The number of rotatable bonds is 0. The molecule has 3 rings (SSSR count). The molecule has 0 amide bonds. The van der Waals surface area contributed by atoms with Crippen molar-refractivity contribution in [3.63, 3.8) is 0 Å². The molecule has 5 heteroatoms. The van der Waals surface area contributed by atoms with Gasteiger partial charge in [0.1, 0.15) is 11.4 Å². The molecule has 1 N–H and O–H groups in total. The van der Waals surface area contributed by atoms with Crippen LogP contribution in [0.3, 0.4) is 0 Å². The lowest BCUT2D eigenvalue weighted by Gasteiger charge is -2.45. The van der Waals surface area contributed by atoms with Gasteiger partial charge >= 0.3 is 6.18 Å². The first kappa shape index (κ1) is 13.7. The van der Waals surface area contributed by atoms with Crippen LogP contribution >= 0.6 is 0 Å². The molecule has 1 spiro atoms. The summed E-state index contributed by atoms with van der Waals surface area (Å²) in [4.78, 5) is 0. The molecule has 0 aromatic heterocycles. The first-order valence-electron chi connectivity index (χ1n) is 6.92. The van der Waals surface area contributed by atoms with E-state index in [1.165, 1.54) is 0 Å². The third-order valence-corrected chi connectivity index (χ3v) is 4.44. The summed E-state index contributed by atoms with van der Waals surface area (Å²) in [6, 6.07) is 7.05. The Bertz CT molecular complexity index is 500. The van der Waals surface area contributed by atoms with Crippen LogP contribution in [0.5, 0.6) is 5.75 Å². The van der Waals surface area contributed by atoms with Gasteiger partial charge in [0.2, 0.25) is 0 Å². The van der Waals surface area contributed by atoms with E-state index in [0.29, 0.717) is 24.2 Å². The molecule has 1 heterocycles. The van der Waals surface area contributed by atoms with Gasteiger partial charge in [-0.1, -0.05) is 18.2 Å². The van der Waals surface area contributed by atoms with Crippen LogP contribution in [-0.2, 0) is 0 Å². The number of halogens is 3. The van der Waals surface area contributed by atoms with Gasteiger partial charge in [0.15, 0.2) is 0 Å². The van der Waals surface area contributed by atoms with E-state index in [9.17, 15) is 18.3 Å². The lowest BCUT2D eigenvalue weighted by atomic mass is 9.73. The number of hydrogen-bond donors (Lipinski definition) is 1. The molecule has 0 saturated heterocycles. The summed E-state index contributed by atoms with van der Waals surface area (Å²) in [5, 5.41) is 10.2. The Morgan fingerprint density at radius 2 is 1.95 bits per heavy atom. The zero-order valence-corrected chi connectivity index (χ0v) is 11.0. The maximum absolute atomic E-state index is 13.0. The standard InChI is InChI=1S/C15H17F3O2/c16-15(17,18)10-4-3-7-14(8-10)9-12(19)11-5-1-2-6-13(11)20-14/h1-2,5-6,10,12,19H,3-4,7-9H2/t10?,12-,14?/m1/s1. The first-order chi connectivity index (χ1) is 9.40. The van der Waals surface area contributed by atoms with Crippen molar-refractivity contribution in [2.24, 2.45) is 5.92 Å². The van der Waals surface area contributed by atoms with Crippen molar-refractivity contribution in [1.82, 2.24) is 0 Å². The molecule has 2 unspecified atom stereocenters. The van der Waals surface area contributed by atoms with Crippen molar-refractivity contribution in [2.75, 3.05) is 0 Å². The second-order valence-corrected chi connectivity index (χ2v) is 5.88. The van der Waals surface area contributed by atoms with Gasteiger partial charge in [-0.05, 0) is 31.7 Å². The van der Waals surface area contributed by atoms with Gasteiger partial charge in [0.25, 0.3) is 0 Å². The second-order valence-electron chi connectivity index (χ2n) is 5.88. The summed E-state index contributed by atoms with van der Waals surface area (Å²) in [6.07, 6.45) is -3.51. The summed E-state index contributed by atoms with van der Waals surface area (Å²) in [5.41, 5.74) is -0.195. The number of para-hydroxylation sites is 1. The Hall–Kier alpha value is -1.23. The van der Waals surface area contributed by atoms with Crippen molar-refractivity contribution in [2.45, 2.75) is 50.0 Å². The van der Waals surface area contributed by atoms with Crippen LogP contribution < -0.4 is 4.74 Å². The van der Waals surface area contributed by atoms with Gasteiger partial charge in [-0.15, -0.1) is 0 Å². The first-order valence-corrected chi connectivity index (χ1v) is 6.92. The third-order valence-electron chi connectivity index (χ3n) is 4.44. The third kappa shape index (κ3) is 2.39. The summed E-state index contributed by atoms with van der Waals surface area (Å²) >= 11 is 0. The molecular weight excluding hydrogens is 269 g/mol. The van der Waals surface area contributed by atoms with Crippen LogP contribution in [0.2, 0.25) is 0 Å². The van der Waals surface area contributed by atoms with E-state index in [-0.39, 0.29) is 19.3 Å². The number of alkyl halides is 3. The van der Waals surface area contributed by atoms with Crippen molar-refractivity contribution in [3.8, 4) is 5.75 Å². The summed E-state index contributed by atoms with van der Waals surface area (Å²) in [5.74, 6) is -0.803. The normalized spacial score (nSPS) is 33.6.